The molecule has 6 nitrogen and oxygen atoms in total. The van der Waals surface area contributed by atoms with E-state index in [0.29, 0.717) is 18.5 Å². The average molecular weight is 307 g/mol. The van der Waals surface area contributed by atoms with Gasteiger partial charge in [-0.1, -0.05) is 0 Å². The number of amides is 1. The first kappa shape index (κ1) is 16.5. The van der Waals surface area contributed by atoms with Crippen LogP contribution in [0.3, 0.4) is 0 Å². The van der Waals surface area contributed by atoms with Gasteiger partial charge in [0, 0.05) is 25.2 Å². The summed E-state index contributed by atoms with van der Waals surface area (Å²) >= 11 is 0. The molecule has 1 aliphatic heterocycles. The minimum atomic E-state index is -0.807. The van der Waals surface area contributed by atoms with E-state index in [1.54, 1.807) is 17.1 Å². The third-order valence-corrected chi connectivity index (χ3v) is 4.10. The van der Waals surface area contributed by atoms with Gasteiger partial charge in [0.15, 0.2) is 0 Å². The normalized spacial score (nSPS) is 19.2. The van der Waals surface area contributed by atoms with E-state index < -0.39 is 5.97 Å². The third-order valence-electron chi connectivity index (χ3n) is 4.10. The number of aromatic nitrogens is 2. The Kier molecular flexibility index (Phi) is 4.88. The van der Waals surface area contributed by atoms with Crippen LogP contribution in [-0.4, -0.2) is 44.3 Å². The number of carbonyl (C=O) groups is 2. The molecule has 1 atom stereocenters. The standard InChI is InChI=1S/C16H25N3O3/c1-16(2,3)19-11-12(10-17-19)15(22)18-9-5-4-6-13(18)7-8-14(20)21/h10-11,13H,4-9H2,1-3H3,(H,20,21). The van der Waals surface area contributed by atoms with Crippen molar-refractivity contribution in [3.05, 3.63) is 18.0 Å². The SMILES string of the molecule is CC(C)(C)n1cc(C(=O)N2CCCCC2CCC(=O)O)cn1. The Morgan fingerprint density at radius 2 is 2.09 bits per heavy atom. The van der Waals surface area contributed by atoms with Gasteiger partial charge in [-0.3, -0.25) is 14.3 Å². The van der Waals surface area contributed by atoms with Gasteiger partial charge in [0.1, 0.15) is 0 Å². The summed E-state index contributed by atoms with van der Waals surface area (Å²) in [6.45, 7) is 6.80. The molecule has 0 saturated carbocycles. The van der Waals surface area contributed by atoms with Crippen molar-refractivity contribution in [2.24, 2.45) is 0 Å². The highest BCUT2D eigenvalue weighted by Gasteiger charge is 2.29. The summed E-state index contributed by atoms with van der Waals surface area (Å²) in [6.07, 6.45) is 6.93. The fourth-order valence-corrected chi connectivity index (χ4v) is 2.82. The summed E-state index contributed by atoms with van der Waals surface area (Å²) in [4.78, 5) is 25.3. The van der Waals surface area contributed by atoms with Crippen molar-refractivity contribution < 1.29 is 14.7 Å². The van der Waals surface area contributed by atoms with E-state index in [2.05, 4.69) is 5.10 Å². The fraction of sp³-hybridized carbons (Fsp3) is 0.688. The number of likely N-dealkylation sites (tertiary alicyclic amines) is 1. The number of hydrogen-bond acceptors (Lipinski definition) is 3. The predicted octanol–water partition coefficient (Wildman–Crippen LogP) is 2.50. The molecular formula is C16H25N3O3. The lowest BCUT2D eigenvalue weighted by molar-refractivity contribution is -0.137. The van der Waals surface area contributed by atoms with Gasteiger partial charge in [0.25, 0.3) is 5.91 Å². The molecule has 0 spiro atoms. The van der Waals surface area contributed by atoms with Gasteiger partial charge < -0.3 is 10.0 Å². The van der Waals surface area contributed by atoms with Crippen LogP contribution >= 0.6 is 0 Å². The molecule has 2 heterocycles. The summed E-state index contributed by atoms with van der Waals surface area (Å²) in [5.41, 5.74) is 0.417. The average Bonchev–Trinajstić information content (AvgIpc) is 2.94. The summed E-state index contributed by atoms with van der Waals surface area (Å²) in [5, 5.41) is 13.1. The molecule has 1 saturated heterocycles. The predicted molar refractivity (Wildman–Crippen MR) is 82.8 cm³/mol. The number of nitrogens with zero attached hydrogens (tertiary/aromatic N) is 3. The molecule has 1 aliphatic rings. The lowest BCUT2D eigenvalue weighted by Gasteiger charge is -2.35. The summed E-state index contributed by atoms with van der Waals surface area (Å²) < 4.78 is 1.79. The van der Waals surface area contributed by atoms with Crippen molar-refractivity contribution in [3.8, 4) is 0 Å². The smallest absolute Gasteiger partial charge is 0.303 e. The second-order valence-electron chi connectivity index (χ2n) is 6.92. The number of carbonyl (C=O) groups excluding carboxylic acids is 1. The van der Waals surface area contributed by atoms with E-state index in [1.165, 1.54) is 0 Å². The molecule has 0 aromatic carbocycles. The largest absolute Gasteiger partial charge is 0.481 e. The zero-order chi connectivity index (χ0) is 16.3. The van der Waals surface area contributed by atoms with Crippen molar-refractivity contribution in [1.29, 1.82) is 0 Å². The van der Waals surface area contributed by atoms with Crippen LogP contribution < -0.4 is 0 Å². The Balaban J connectivity index is 2.11. The quantitative estimate of drug-likeness (QED) is 0.927. The van der Waals surface area contributed by atoms with Crippen molar-refractivity contribution in [2.75, 3.05) is 6.54 Å². The van der Waals surface area contributed by atoms with E-state index in [4.69, 9.17) is 5.11 Å². The molecule has 1 aromatic rings. The molecule has 0 bridgehead atoms. The van der Waals surface area contributed by atoms with Gasteiger partial charge in [-0.15, -0.1) is 0 Å². The second-order valence-corrected chi connectivity index (χ2v) is 6.92. The maximum absolute atomic E-state index is 12.7. The minimum Gasteiger partial charge on any atom is -0.481 e. The van der Waals surface area contributed by atoms with Crippen molar-refractivity contribution in [2.45, 2.75) is 64.5 Å². The van der Waals surface area contributed by atoms with Gasteiger partial charge in [0.05, 0.1) is 17.3 Å². The minimum absolute atomic E-state index is 0.0235. The van der Waals surface area contributed by atoms with Crippen LogP contribution in [0.5, 0.6) is 0 Å². The van der Waals surface area contributed by atoms with Crippen LogP contribution in [0.4, 0.5) is 0 Å². The summed E-state index contributed by atoms with van der Waals surface area (Å²) in [6, 6.07) is 0.0235. The molecule has 1 unspecified atom stereocenters. The number of aliphatic carboxylic acids is 1. The van der Waals surface area contributed by atoms with Gasteiger partial charge >= 0.3 is 5.97 Å². The lowest BCUT2D eigenvalue weighted by atomic mass is 9.97. The second kappa shape index (κ2) is 6.50. The van der Waals surface area contributed by atoms with Crippen LogP contribution in [0.25, 0.3) is 0 Å². The Bertz CT molecular complexity index is 545. The topological polar surface area (TPSA) is 75.4 Å². The van der Waals surface area contributed by atoms with E-state index >= 15 is 0 Å². The highest BCUT2D eigenvalue weighted by molar-refractivity contribution is 5.94. The number of piperidine rings is 1. The first-order valence-corrected chi connectivity index (χ1v) is 7.87. The highest BCUT2D eigenvalue weighted by Crippen LogP contribution is 2.23. The number of hydrogen-bond donors (Lipinski definition) is 1. The molecule has 22 heavy (non-hydrogen) atoms. The Morgan fingerprint density at radius 1 is 1.36 bits per heavy atom. The molecule has 1 amide bonds. The zero-order valence-electron chi connectivity index (χ0n) is 13.6. The Morgan fingerprint density at radius 3 is 2.68 bits per heavy atom. The third kappa shape index (κ3) is 3.87. The number of carboxylic acid groups (broad SMARTS) is 1. The first-order chi connectivity index (χ1) is 10.3. The number of rotatable bonds is 4. The van der Waals surface area contributed by atoms with Crippen molar-refractivity contribution >= 4 is 11.9 Å². The maximum atomic E-state index is 12.7. The highest BCUT2D eigenvalue weighted by atomic mass is 16.4. The molecule has 0 radical (unpaired) electrons. The van der Waals surface area contributed by atoms with Gasteiger partial charge in [-0.2, -0.15) is 5.10 Å². The van der Waals surface area contributed by atoms with Gasteiger partial charge in [-0.05, 0) is 46.5 Å². The van der Waals surface area contributed by atoms with Crippen LogP contribution in [0, 0.1) is 0 Å². The van der Waals surface area contributed by atoms with Crippen LogP contribution in [0.2, 0.25) is 0 Å². The molecule has 1 fully saturated rings. The lowest BCUT2D eigenvalue weighted by Crippen LogP contribution is -2.43. The molecule has 1 N–H and O–H groups in total. The van der Waals surface area contributed by atoms with Crippen LogP contribution in [0.15, 0.2) is 12.4 Å². The molecule has 122 valence electrons. The molecule has 2 rings (SSSR count). The molecule has 6 heteroatoms. The molecule has 1 aromatic heterocycles. The van der Waals surface area contributed by atoms with Gasteiger partial charge in [0.2, 0.25) is 0 Å². The summed E-state index contributed by atoms with van der Waals surface area (Å²) in [7, 11) is 0. The van der Waals surface area contributed by atoms with Crippen molar-refractivity contribution in [3.63, 3.8) is 0 Å². The summed E-state index contributed by atoms with van der Waals surface area (Å²) in [5.74, 6) is -0.843. The fourth-order valence-electron chi connectivity index (χ4n) is 2.82. The van der Waals surface area contributed by atoms with E-state index in [1.807, 2.05) is 25.7 Å². The van der Waals surface area contributed by atoms with E-state index in [0.717, 1.165) is 19.3 Å². The zero-order valence-corrected chi connectivity index (χ0v) is 13.6. The van der Waals surface area contributed by atoms with E-state index in [-0.39, 0.29) is 23.9 Å². The Hall–Kier alpha value is -1.85. The molecular weight excluding hydrogens is 282 g/mol. The Labute approximate surface area is 131 Å². The maximum Gasteiger partial charge on any atom is 0.303 e. The molecule has 0 aliphatic carbocycles. The van der Waals surface area contributed by atoms with Gasteiger partial charge in [-0.25, -0.2) is 0 Å². The number of carboxylic acids is 1. The first-order valence-electron chi connectivity index (χ1n) is 7.87. The van der Waals surface area contributed by atoms with Crippen LogP contribution in [-0.2, 0) is 10.3 Å². The van der Waals surface area contributed by atoms with Crippen LogP contribution in [0.1, 0.15) is 63.2 Å². The van der Waals surface area contributed by atoms with Crippen molar-refractivity contribution in [1.82, 2.24) is 14.7 Å². The van der Waals surface area contributed by atoms with E-state index in [9.17, 15) is 9.59 Å². The monoisotopic (exact) mass is 307 g/mol.